The molecule has 0 aliphatic rings. The lowest BCUT2D eigenvalue weighted by atomic mass is 10.2. The molecule has 0 spiro atoms. The zero-order valence-corrected chi connectivity index (χ0v) is 8.89. The van der Waals surface area contributed by atoms with Crippen LogP contribution >= 0.6 is 0 Å². The van der Waals surface area contributed by atoms with Crippen LogP contribution in [0.1, 0.15) is 6.42 Å². The molecule has 0 aromatic heterocycles. The fourth-order valence-electron chi connectivity index (χ4n) is 0.734. The van der Waals surface area contributed by atoms with E-state index in [9.17, 15) is 0 Å². The maximum absolute atomic E-state index is 8.32. The zero-order chi connectivity index (χ0) is 12.1. The topological polar surface area (TPSA) is 60.2 Å². The highest BCUT2D eigenvalue weighted by atomic mass is 16.7. The third kappa shape index (κ3) is 8.99. The van der Waals surface area contributed by atoms with Crippen molar-refractivity contribution in [3.8, 4) is 6.07 Å². The van der Waals surface area contributed by atoms with Gasteiger partial charge in [0.2, 0.25) is 13.1 Å². The first kappa shape index (κ1) is 14.4. The summed E-state index contributed by atoms with van der Waals surface area (Å²) in [6, 6.07) is 1.92. The van der Waals surface area contributed by atoms with Crippen molar-refractivity contribution in [1.29, 1.82) is 5.26 Å². The molecule has 16 heavy (non-hydrogen) atoms. The molecule has 84 valence electrons. The van der Waals surface area contributed by atoms with Gasteiger partial charge in [0.15, 0.2) is 0 Å². The average Bonchev–Trinajstić information content (AvgIpc) is 2.29. The quantitative estimate of drug-likeness (QED) is 0.328. The molecule has 0 N–H and O–H groups in total. The number of nitrogens with zero attached hydrogens (tertiary/aromatic N) is 3. The van der Waals surface area contributed by atoms with Gasteiger partial charge in [0.25, 0.3) is 0 Å². The van der Waals surface area contributed by atoms with Crippen LogP contribution in [0.5, 0.6) is 0 Å². The average molecular weight is 221 g/mol. The molecule has 0 aliphatic heterocycles. The monoisotopic (exact) mass is 221 g/mol. The van der Waals surface area contributed by atoms with Gasteiger partial charge in [0, 0.05) is 6.61 Å². The van der Waals surface area contributed by atoms with E-state index in [4.69, 9.17) is 32.4 Å². The molecule has 0 fully saturated rings. The molecule has 0 rings (SSSR count). The first-order valence-corrected chi connectivity index (χ1v) is 4.73. The van der Waals surface area contributed by atoms with Crippen molar-refractivity contribution in [3.63, 3.8) is 0 Å². The summed E-state index contributed by atoms with van der Waals surface area (Å²) in [4.78, 5) is 6.23. The van der Waals surface area contributed by atoms with Crippen molar-refractivity contribution in [2.75, 3.05) is 32.9 Å². The maximum atomic E-state index is 8.32. The summed E-state index contributed by atoms with van der Waals surface area (Å²) < 4.78 is 15.3. The van der Waals surface area contributed by atoms with E-state index in [2.05, 4.69) is 9.69 Å². The molecule has 0 atom stereocenters. The second kappa shape index (κ2) is 11.5. The van der Waals surface area contributed by atoms with Crippen LogP contribution in [0, 0.1) is 24.5 Å². The van der Waals surface area contributed by atoms with Crippen LogP contribution in [0.3, 0.4) is 0 Å². The summed E-state index contributed by atoms with van der Waals surface area (Å²) in [5, 5.41) is 8.32. The molecule has 0 saturated carbocycles. The summed E-state index contributed by atoms with van der Waals surface area (Å²) in [7, 11) is -0.892. The van der Waals surface area contributed by atoms with Crippen LogP contribution in [0.2, 0.25) is 0 Å². The van der Waals surface area contributed by atoms with E-state index in [1.165, 1.54) is 0 Å². The number of nitriles is 1. The van der Waals surface area contributed by atoms with Gasteiger partial charge in [-0.3, -0.25) is 0 Å². The van der Waals surface area contributed by atoms with Crippen LogP contribution in [-0.2, 0) is 14.0 Å². The van der Waals surface area contributed by atoms with E-state index in [1.54, 1.807) is 0 Å². The van der Waals surface area contributed by atoms with Gasteiger partial charge in [-0.25, -0.2) is 13.1 Å². The van der Waals surface area contributed by atoms with Gasteiger partial charge in [0.1, 0.15) is 13.2 Å². The van der Waals surface area contributed by atoms with Crippen LogP contribution in [0.25, 0.3) is 9.69 Å². The standard InChI is InChI=1S/C9H12BN3O3/c1-12-5-8-15-10(14-7-3-4-11)16-9-6-13-2/h3,5-9H2. The SMILES string of the molecule is [C-]#[N+]CCOB(OCCC#N)OCC[N+]#[C-]. The second-order valence-corrected chi connectivity index (χ2v) is 2.57. The maximum Gasteiger partial charge on any atom is 0.639 e. The van der Waals surface area contributed by atoms with Crippen molar-refractivity contribution in [2.45, 2.75) is 6.42 Å². The van der Waals surface area contributed by atoms with Gasteiger partial charge in [-0.15, -0.1) is 0 Å². The molecule has 0 heterocycles. The highest BCUT2D eigenvalue weighted by Gasteiger charge is 2.21. The summed E-state index contributed by atoms with van der Waals surface area (Å²) in [6.07, 6.45) is 0.245. The summed E-state index contributed by atoms with van der Waals surface area (Å²) in [5.74, 6) is 0. The van der Waals surface area contributed by atoms with E-state index in [1.807, 2.05) is 6.07 Å². The molecule has 0 radical (unpaired) electrons. The van der Waals surface area contributed by atoms with Crippen molar-refractivity contribution in [1.82, 2.24) is 0 Å². The summed E-state index contributed by atoms with van der Waals surface area (Å²) in [6.45, 7) is 14.2. The largest absolute Gasteiger partial charge is 0.639 e. The van der Waals surface area contributed by atoms with E-state index in [0.717, 1.165) is 0 Å². The molecular formula is C9H12BN3O3. The normalized spacial score (nSPS) is 8.81. The highest BCUT2D eigenvalue weighted by molar-refractivity contribution is 6.36. The van der Waals surface area contributed by atoms with Gasteiger partial charge in [-0.1, -0.05) is 0 Å². The van der Waals surface area contributed by atoms with Crippen LogP contribution < -0.4 is 0 Å². The van der Waals surface area contributed by atoms with Gasteiger partial charge in [-0.2, -0.15) is 5.26 Å². The molecule has 0 bridgehead atoms. The lowest BCUT2D eigenvalue weighted by Gasteiger charge is -2.10. The van der Waals surface area contributed by atoms with E-state index in [-0.39, 0.29) is 39.3 Å². The van der Waals surface area contributed by atoms with Crippen LogP contribution in [0.15, 0.2) is 0 Å². The van der Waals surface area contributed by atoms with Gasteiger partial charge in [0.05, 0.1) is 12.5 Å². The lowest BCUT2D eigenvalue weighted by molar-refractivity contribution is 0.103. The van der Waals surface area contributed by atoms with Gasteiger partial charge >= 0.3 is 7.32 Å². The Morgan fingerprint density at radius 1 is 1.00 bits per heavy atom. The Balaban J connectivity index is 3.73. The zero-order valence-electron chi connectivity index (χ0n) is 8.89. The van der Waals surface area contributed by atoms with E-state index < -0.39 is 7.32 Å². The minimum Gasteiger partial charge on any atom is -0.385 e. The molecule has 0 unspecified atom stereocenters. The fourth-order valence-corrected chi connectivity index (χ4v) is 0.734. The second-order valence-electron chi connectivity index (χ2n) is 2.57. The Kier molecular flexibility index (Phi) is 10.4. The molecule has 0 aromatic rings. The third-order valence-corrected chi connectivity index (χ3v) is 1.38. The molecule has 7 heteroatoms. The third-order valence-electron chi connectivity index (χ3n) is 1.38. The molecule has 0 aliphatic carbocycles. The Morgan fingerprint density at radius 2 is 1.50 bits per heavy atom. The Labute approximate surface area is 95.5 Å². The van der Waals surface area contributed by atoms with Crippen molar-refractivity contribution in [3.05, 3.63) is 22.8 Å². The van der Waals surface area contributed by atoms with Gasteiger partial charge < -0.3 is 23.7 Å². The highest BCUT2D eigenvalue weighted by Crippen LogP contribution is 1.95. The minimum atomic E-state index is -0.892. The fraction of sp³-hybridized carbons (Fsp3) is 0.667. The first-order chi connectivity index (χ1) is 7.85. The van der Waals surface area contributed by atoms with Gasteiger partial charge in [-0.05, 0) is 0 Å². The molecule has 6 nitrogen and oxygen atoms in total. The predicted octanol–water partition coefficient (Wildman–Crippen LogP) is 0.773. The van der Waals surface area contributed by atoms with E-state index >= 15 is 0 Å². The smallest absolute Gasteiger partial charge is 0.385 e. The Bertz CT molecular complexity index is 244. The minimum absolute atomic E-state index is 0.206. The summed E-state index contributed by atoms with van der Waals surface area (Å²) in [5.41, 5.74) is 0. The summed E-state index contributed by atoms with van der Waals surface area (Å²) >= 11 is 0. The van der Waals surface area contributed by atoms with Crippen LogP contribution in [-0.4, -0.2) is 40.2 Å². The number of hydrogen-bond donors (Lipinski definition) is 0. The molecule has 0 amide bonds. The number of hydrogen-bond acceptors (Lipinski definition) is 4. The predicted molar refractivity (Wildman–Crippen MR) is 56.8 cm³/mol. The van der Waals surface area contributed by atoms with Crippen molar-refractivity contribution in [2.24, 2.45) is 0 Å². The van der Waals surface area contributed by atoms with Crippen molar-refractivity contribution >= 4 is 7.32 Å². The van der Waals surface area contributed by atoms with E-state index in [0.29, 0.717) is 0 Å². The van der Waals surface area contributed by atoms with Crippen molar-refractivity contribution < 1.29 is 14.0 Å². The molecule has 0 aromatic carbocycles. The number of rotatable bonds is 9. The lowest BCUT2D eigenvalue weighted by Crippen LogP contribution is -2.29. The Hall–Kier alpha value is -1.59. The molecule has 0 saturated heterocycles. The molecular weight excluding hydrogens is 209 g/mol. The first-order valence-electron chi connectivity index (χ1n) is 4.73. The Morgan fingerprint density at radius 3 is 1.94 bits per heavy atom. The van der Waals surface area contributed by atoms with Crippen LogP contribution in [0.4, 0.5) is 0 Å².